The van der Waals surface area contributed by atoms with Crippen molar-refractivity contribution in [3.63, 3.8) is 0 Å². The van der Waals surface area contributed by atoms with Crippen molar-refractivity contribution in [2.45, 2.75) is 62.5 Å². The second-order valence-electron chi connectivity index (χ2n) is 11.5. The number of nitrogens with one attached hydrogen (secondary N) is 1. The first kappa shape index (κ1) is 34.4. The highest BCUT2D eigenvalue weighted by Gasteiger charge is 2.31. The highest BCUT2D eigenvalue weighted by molar-refractivity contribution is 7.94. The van der Waals surface area contributed by atoms with Gasteiger partial charge in [0.1, 0.15) is 9.96 Å². The zero-order valence-electron chi connectivity index (χ0n) is 26.1. The second kappa shape index (κ2) is 15.7. The molecule has 11 nitrogen and oxygen atoms in total. The molecular formula is C32H42N4O7S2. The highest BCUT2D eigenvalue weighted by Crippen LogP contribution is 2.30. The third kappa shape index (κ3) is 9.03. The largest absolute Gasteiger partial charge is 0.490 e. The van der Waals surface area contributed by atoms with E-state index in [0.29, 0.717) is 30.9 Å². The minimum absolute atomic E-state index is 0.154. The number of amides is 2. The minimum atomic E-state index is -3.85. The summed E-state index contributed by atoms with van der Waals surface area (Å²) < 4.78 is 41.2. The van der Waals surface area contributed by atoms with Crippen molar-refractivity contribution in [3.8, 4) is 5.75 Å². The lowest BCUT2D eigenvalue weighted by Crippen LogP contribution is -2.48. The summed E-state index contributed by atoms with van der Waals surface area (Å²) in [6.07, 6.45) is 4.83. The van der Waals surface area contributed by atoms with Gasteiger partial charge in [0.15, 0.2) is 0 Å². The van der Waals surface area contributed by atoms with Crippen LogP contribution in [0.2, 0.25) is 0 Å². The smallest absolute Gasteiger partial charge is 0.271 e. The fourth-order valence-electron chi connectivity index (χ4n) is 5.14. The van der Waals surface area contributed by atoms with Gasteiger partial charge in [0.2, 0.25) is 0 Å². The summed E-state index contributed by atoms with van der Waals surface area (Å²) in [4.78, 5) is 34.6. The zero-order valence-corrected chi connectivity index (χ0v) is 27.7. The molecule has 0 saturated heterocycles. The maximum absolute atomic E-state index is 14.3. The van der Waals surface area contributed by atoms with E-state index in [1.54, 1.807) is 71.9 Å². The van der Waals surface area contributed by atoms with Crippen molar-refractivity contribution in [3.05, 3.63) is 71.4 Å². The number of aliphatic hydroxyl groups is 1. The molecule has 45 heavy (non-hydrogen) atoms. The summed E-state index contributed by atoms with van der Waals surface area (Å²) in [5.41, 5.74) is 0.915. The molecule has 1 aliphatic heterocycles. The van der Waals surface area contributed by atoms with E-state index in [2.05, 4.69) is 9.71 Å². The van der Waals surface area contributed by atoms with Crippen molar-refractivity contribution >= 4 is 38.9 Å². The molecule has 0 aliphatic carbocycles. The van der Waals surface area contributed by atoms with Crippen molar-refractivity contribution in [2.24, 2.45) is 5.92 Å². The first-order valence-corrected chi connectivity index (χ1v) is 17.4. The predicted octanol–water partition coefficient (Wildman–Crippen LogP) is 4.51. The molecule has 13 heteroatoms. The van der Waals surface area contributed by atoms with Crippen LogP contribution in [0.5, 0.6) is 5.75 Å². The molecule has 2 aromatic heterocycles. The van der Waals surface area contributed by atoms with Crippen molar-refractivity contribution in [1.29, 1.82) is 0 Å². The summed E-state index contributed by atoms with van der Waals surface area (Å²) >= 11 is 1.09. The molecule has 0 spiro atoms. The van der Waals surface area contributed by atoms with Gasteiger partial charge in [0.05, 0.1) is 30.4 Å². The molecule has 1 aromatic carbocycles. The van der Waals surface area contributed by atoms with Gasteiger partial charge in [-0.25, -0.2) is 8.42 Å². The number of carbonyl (C=O) groups excluding carboxylic acids is 2. The second-order valence-corrected chi connectivity index (χ2v) is 14.3. The SMILES string of the molecule is C[C@@H]1CCCCO[C@@H](CN(C)C(=O)c2ccncc2)[C@@H](C)CN([C@@H](C)CO)C(=O)c2cc(NS(=O)(=O)c3cccs3)ccc2O1. The third-order valence-electron chi connectivity index (χ3n) is 7.79. The van der Waals surface area contributed by atoms with Crippen LogP contribution in [-0.2, 0) is 14.8 Å². The number of thiophene rings is 1. The van der Waals surface area contributed by atoms with Gasteiger partial charge in [0.25, 0.3) is 21.8 Å². The Kier molecular flexibility index (Phi) is 12.0. The molecule has 0 radical (unpaired) electrons. The van der Waals surface area contributed by atoms with Crippen LogP contribution in [0, 0.1) is 5.92 Å². The molecule has 0 bridgehead atoms. The van der Waals surface area contributed by atoms with E-state index in [9.17, 15) is 23.1 Å². The van der Waals surface area contributed by atoms with Gasteiger partial charge in [-0.1, -0.05) is 13.0 Å². The first-order valence-electron chi connectivity index (χ1n) is 15.1. The van der Waals surface area contributed by atoms with Gasteiger partial charge in [-0.05, 0) is 74.9 Å². The molecule has 4 rings (SSSR count). The van der Waals surface area contributed by atoms with Crippen LogP contribution in [0.3, 0.4) is 0 Å². The summed E-state index contributed by atoms with van der Waals surface area (Å²) in [6, 6.07) is 10.6. The Morgan fingerprint density at radius 2 is 1.96 bits per heavy atom. The van der Waals surface area contributed by atoms with E-state index in [0.717, 1.165) is 24.2 Å². The number of aliphatic hydroxyl groups excluding tert-OH is 1. The monoisotopic (exact) mass is 658 g/mol. The quantitative estimate of drug-likeness (QED) is 0.361. The Labute approximate surface area is 269 Å². The van der Waals surface area contributed by atoms with Crippen LogP contribution in [-0.4, -0.2) is 91.7 Å². The number of anilines is 1. The van der Waals surface area contributed by atoms with Crippen LogP contribution in [0.25, 0.3) is 0 Å². The van der Waals surface area contributed by atoms with E-state index in [1.165, 1.54) is 12.1 Å². The van der Waals surface area contributed by atoms with E-state index < -0.39 is 28.1 Å². The van der Waals surface area contributed by atoms with E-state index in [-0.39, 0.29) is 46.5 Å². The molecule has 3 heterocycles. The molecule has 1 aliphatic rings. The van der Waals surface area contributed by atoms with E-state index >= 15 is 0 Å². The van der Waals surface area contributed by atoms with Gasteiger partial charge in [0, 0.05) is 56.3 Å². The Hall–Kier alpha value is -3.52. The van der Waals surface area contributed by atoms with Crippen LogP contribution < -0.4 is 9.46 Å². The maximum Gasteiger partial charge on any atom is 0.271 e. The predicted molar refractivity (Wildman–Crippen MR) is 173 cm³/mol. The highest BCUT2D eigenvalue weighted by atomic mass is 32.2. The van der Waals surface area contributed by atoms with Crippen LogP contribution >= 0.6 is 11.3 Å². The molecule has 3 aromatic rings. The van der Waals surface area contributed by atoms with Crippen LogP contribution in [0.4, 0.5) is 5.69 Å². The third-order valence-corrected chi connectivity index (χ3v) is 10.6. The molecule has 2 N–H and O–H groups in total. The lowest BCUT2D eigenvalue weighted by Gasteiger charge is -2.36. The number of rotatable bonds is 8. The van der Waals surface area contributed by atoms with E-state index in [1.807, 2.05) is 13.8 Å². The molecule has 2 amide bonds. The average molecular weight is 659 g/mol. The van der Waals surface area contributed by atoms with Crippen molar-refractivity contribution < 1.29 is 32.6 Å². The molecule has 4 atom stereocenters. The number of nitrogens with zero attached hydrogens (tertiary/aromatic N) is 3. The van der Waals surface area contributed by atoms with Crippen LogP contribution in [0.1, 0.15) is 60.7 Å². The number of ether oxygens (including phenoxy) is 2. The first-order chi connectivity index (χ1) is 21.5. The summed E-state index contributed by atoms with van der Waals surface area (Å²) in [5.74, 6) is -0.481. The van der Waals surface area contributed by atoms with Gasteiger partial charge in [-0.3, -0.25) is 19.3 Å². The van der Waals surface area contributed by atoms with Gasteiger partial charge in [-0.2, -0.15) is 0 Å². The number of hydrogen-bond acceptors (Lipinski definition) is 9. The summed E-state index contributed by atoms with van der Waals surface area (Å²) in [5, 5.41) is 11.8. The Morgan fingerprint density at radius 1 is 1.20 bits per heavy atom. The topological polar surface area (TPSA) is 138 Å². The summed E-state index contributed by atoms with van der Waals surface area (Å²) in [7, 11) is -2.13. The normalized spacial score (nSPS) is 20.8. The average Bonchev–Trinajstić information content (AvgIpc) is 3.59. The fraction of sp³-hybridized carbons (Fsp3) is 0.469. The number of hydrogen-bond donors (Lipinski definition) is 2. The van der Waals surface area contributed by atoms with E-state index in [4.69, 9.17) is 9.47 Å². The lowest BCUT2D eigenvalue weighted by molar-refractivity contribution is -0.0149. The lowest BCUT2D eigenvalue weighted by atomic mass is 10.0. The van der Waals surface area contributed by atoms with Gasteiger partial charge in [-0.15, -0.1) is 11.3 Å². The molecule has 0 unspecified atom stereocenters. The molecule has 0 fully saturated rings. The Morgan fingerprint density at radius 3 is 2.64 bits per heavy atom. The number of carbonyl (C=O) groups is 2. The summed E-state index contributed by atoms with van der Waals surface area (Å²) in [6.45, 7) is 6.32. The minimum Gasteiger partial charge on any atom is -0.490 e. The maximum atomic E-state index is 14.3. The molecular weight excluding hydrogens is 617 g/mol. The van der Waals surface area contributed by atoms with Gasteiger partial charge < -0.3 is 24.4 Å². The zero-order chi connectivity index (χ0) is 32.6. The molecule has 0 saturated carbocycles. The Balaban J connectivity index is 1.65. The van der Waals surface area contributed by atoms with Crippen LogP contribution in [0.15, 0.2) is 64.4 Å². The molecule has 244 valence electrons. The van der Waals surface area contributed by atoms with Crippen molar-refractivity contribution in [2.75, 3.05) is 38.1 Å². The number of sulfonamides is 1. The number of fused-ring (bicyclic) bond motifs is 1. The Bertz CT molecular complexity index is 1520. The number of pyridine rings is 1. The van der Waals surface area contributed by atoms with Gasteiger partial charge >= 0.3 is 0 Å². The van der Waals surface area contributed by atoms with Crippen molar-refractivity contribution in [1.82, 2.24) is 14.8 Å². The fourth-order valence-corrected chi connectivity index (χ4v) is 7.18. The standard InChI is InChI=1S/C32H42N4O7S2/c1-22-19-36(23(2)21-37)32(39)27-18-26(34-45(40,41)30-9-7-17-44-30)10-11-28(27)43-24(3)8-5-6-16-42-29(22)20-35(4)31(38)25-12-14-33-15-13-25/h7,9-15,17-18,22-24,29,34,37H,5-6,8,16,19-21H2,1-4H3/t22-,23-,24+,29-/m0/s1. The number of benzene rings is 1. The number of aromatic nitrogens is 1. The number of likely N-dealkylation sites (N-methyl/N-ethyl adjacent to an activating group) is 1.